The first-order valence-corrected chi connectivity index (χ1v) is 10.9. The minimum atomic E-state index is 0.105. The molecule has 3 aliphatic rings. The maximum Gasteiger partial charge on any atom is 0.231 e. The van der Waals surface area contributed by atoms with Gasteiger partial charge in [0.2, 0.25) is 11.9 Å². The largest absolute Gasteiger partial charge is 0.277 e. The number of aryl methyl sites for hydroxylation is 1. The van der Waals surface area contributed by atoms with Crippen LogP contribution in [0.4, 0.5) is 5.95 Å². The lowest BCUT2D eigenvalue weighted by Crippen LogP contribution is -2.61. The third-order valence-corrected chi connectivity index (χ3v) is 6.91. The maximum absolute atomic E-state index is 13.2. The summed E-state index contributed by atoms with van der Waals surface area (Å²) in [5, 5.41) is 4.96. The van der Waals surface area contributed by atoms with Crippen molar-refractivity contribution in [1.82, 2.24) is 14.8 Å². The molecular formula is C21H34N4O. The zero-order valence-electron chi connectivity index (χ0n) is 16.7. The van der Waals surface area contributed by atoms with Crippen molar-refractivity contribution in [2.45, 2.75) is 103 Å². The second kappa shape index (κ2) is 6.97. The van der Waals surface area contributed by atoms with Gasteiger partial charge in [0.05, 0.1) is 5.54 Å². The van der Waals surface area contributed by atoms with E-state index in [4.69, 9.17) is 10.1 Å². The first kappa shape index (κ1) is 18.0. The quantitative estimate of drug-likeness (QED) is 0.802. The molecule has 1 aromatic rings. The fourth-order valence-electron chi connectivity index (χ4n) is 5.79. The van der Waals surface area contributed by atoms with Gasteiger partial charge >= 0.3 is 0 Å². The number of carbonyl (C=O) groups is 1. The Morgan fingerprint density at radius 3 is 2.58 bits per heavy atom. The van der Waals surface area contributed by atoms with Crippen LogP contribution in [0.15, 0.2) is 0 Å². The number of anilines is 1. The van der Waals surface area contributed by atoms with E-state index in [2.05, 4.69) is 30.4 Å². The molecule has 2 fully saturated rings. The molecule has 5 nitrogen and oxygen atoms in total. The molecule has 2 aliphatic carbocycles. The van der Waals surface area contributed by atoms with E-state index in [-0.39, 0.29) is 11.4 Å². The number of carbonyl (C=O) groups excluding carboxylic acids is 1. The van der Waals surface area contributed by atoms with Crippen molar-refractivity contribution >= 4 is 11.9 Å². The average Bonchev–Trinajstić information content (AvgIpc) is 3.07. The molecule has 0 aromatic carbocycles. The van der Waals surface area contributed by atoms with Crippen molar-refractivity contribution in [3.8, 4) is 0 Å². The van der Waals surface area contributed by atoms with Crippen LogP contribution in [0.2, 0.25) is 0 Å². The molecule has 2 atom stereocenters. The molecule has 1 spiro atoms. The fourth-order valence-corrected chi connectivity index (χ4v) is 5.79. The van der Waals surface area contributed by atoms with Gasteiger partial charge in [-0.25, -0.2) is 4.68 Å². The summed E-state index contributed by atoms with van der Waals surface area (Å²) in [4.78, 5) is 20.2. The number of amides is 1. The standard InChI is InChI=1S/C21H34N4O/c1-4-18-22-20-24(19(26)14-15(2)3)17-11-7-6-10-16(17)21(25(20)23-18)12-8-5-9-13-21/h15-17H,4-14H2,1-3H3/t16-,17+/m1/s1. The Balaban J connectivity index is 1.84. The fraction of sp³-hybridized carbons (Fsp3) is 0.857. The maximum atomic E-state index is 13.2. The Kier molecular flexibility index (Phi) is 4.83. The first-order chi connectivity index (χ1) is 12.6. The topological polar surface area (TPSA) is 51.0 Å². The second-order valence-corrected chi connectivity index (χ2v) is 9.08. The molecule has 5 heteroatoms. The van der Waals surface area contributed by atoms with Gasteiger partial charge in [-0.05, 0) is 31.6 Å². The van der Waals surface area contributed by atoms with Gasteiger partial charge in [-0.15, -0.1) is 0 Å². The summed E-state index contributed by atoms with van der Waals surface area (Å²) in [5.74, 6) is 2.92. The van der Waals surface area contributed by atoms with E-state index in [1.807, 2.05) is 0 Å². The van der Waals surface area contributed by atoms with E-state index in [0.29, 0.717) is 24.3 Å². The minimum Gasteiger partial charge on any atom is -0.277 e. The third-order valence-electron chi connectivity index (χ3n) is 6.91. The normalized spacial score (nSPS) is 27.5. The number of nitrogens with zero attached hydrogens (tertiary/aromatic N) is 4. The van der Waals surface area contributed by atoms with E-state index in [1.165, 1.54) is 51.4 Å². The van der Waals surface area contributed by atoms with E-state index in [1.54, 1.807) is 0 Å². The highest BCUT2D eigenvalue weighted by molar-refractivity contribution is 5.93. The second-order valence-electron chi connectivity index (χ2n) is 9.08. The monoisotopic (exact) mass is 358 g/mol. The molecule has 2 saturated carbocycles. The lowest BCUT2D eigenvalue weighted by molar-refractivity contribution is -0.121. The Morgan fingerprint density at radius 1 is 1.15 bits per heavy atom. The van der Waals surface area contributed by atoms with Gasteiger partial charge in [0.1, 0.15) is 0 Å². The van der Waals surface area contributed by atoms with Crippen molar-refractivity contribution in [2.24, 2.45) is 11.8 Å². The molecule has 0 radical (unpaired) electrons. The Labute approximate surface area is 157 Å². The van der Waals surface area contributed by atoms with E-state index in [9.17, 15) is 4.79 Å². The van der Waals surface area contributed by atoms with Gasteiger partial charge in [0, 0.05) is 24.8 Å². The van der Waals surface area contributed by atoms with Gasteiger partial charge in [0.15, 0.2) is 5.82 Å². The molecule has 1 amide bonds. The molecule has 4 rings (SSSR count). The van der Waals surface area contributed by atoms with Crippen molar-refractivity contribution in [3.63, 3.8) is 0 Å². The van der Waals surface area contributed by atoms with Gasteiger partial charge in [-0.3, -0.25) is 9.69 Å². The van der Waals surface area contributed by atoms with Gasteiger partial charge in [-0.2, -0.15) is 10.1 Å². The smallest absolute Gasteiger partial charge is 0.231 e. The van der Waals surface area contributed by atoms with Crippen molar-refractivity contribution < 1.29 is 4.79 Å². The predicted octanol–water partition coefficient (Wildman–Crippen LogP) is 4.45. The van der Waals surface area contributed by atoms with Gasteiger partial charge in [-0.1, -0.05) is 52.9 Å². The zero-order valence-corrected chi connectivity index (χ0v) is 16.7. The van der Waals surface area contributed by atoms with Crippen LogP contribution in [0.25, 0.3) is 0 Å². The summed E-state index contributed by atoms with van der Waals surface area (Å²) in [6.07, 6.45) is 12.6. The lowest BCUT2D eigenvalue weighted by atomic mass is 9.64. The number of hydrogen-bond donors (Lipinski definition) is 0. The minimum absolute atomic E-state index is 0.105. The molecule has 26 heavy (non-hydrogen) atoms. The SMILES string of the molecule is CCc1nc2n(n1)C1(CCCCC1)[C@@H]1CCCC[C@@H]1N2C(=O)CC(C)C. The van der Waals surface area contributed by atoms with Crippen molar-refractivity contribution in [2.75, 3.05) is 4.90 Å². The highest BCUT2D eigenvalue weighted by Gasteiger charge is 2.54. The van der Waals surface area contributed by atoms with Crippen LogP contribution in [-0.2, 0) is 16.8 Å². The number of aromatic nitrogens is 3. The highest BCUT2D eigenvalue weighted by Crippen LogP contribution is 2.52. The summed E-state index contributed by atoms with van der Waals surface area (Å²) in [5.41, 5.74) is 0.105. The van der Waals surface area contributed by atoms with Crippen LogP contribution in [0, 0.1) is 11.8 Å². The molecule has 2 heterocycles. The Morgan fingerprint density at radius 2 is 1.88 bits per heavy atom. The average molecular weight is 359 g/mol. The Hall–Kier alpha value is -1.39. The molecule has 144 valence electrons. The zero-order chi connectivity index (χ0) is 18.3. The highest BCUT2D eigenvalue weighted by atomic mass is 16.2. The predicted molar refractivity (Wildman–Crippen MR) is 103 cm³/mol. The van der Waals surface area contributed by atoms with Gasteiger partial charge in [0.25, 0.3) is 0 Å². The van der Waals surface area contributed by atoms with Crippen LogP contribution in [-0.4, -0.2) is 26.7 Å². The van der Waals surface area contributed by atoms with Crippen molar-refractivity contribution in [1.29, 1.82) is 0 Å². The van der Waals surface area contributed by atoms with E-state index in [0.717, 1.165) is 24.6 Å². The summed E-state index contributed by atoms with van der Waals surface area (Å²) in [7, 11) is 0. The molecule has 0 bridgehead atoms. The van der Waals surface area contributed by atoms with E-state index >= 15 is 0 Å². The van der Waals surface area contributed by atoms with Crippen LogP contribution in [0.3, 0.4) is 0 Å². The molecule has 0 unspecified atom stereocenters. The molecule has 1 aliphatic heterocycles. The van der Waals surface area contributed by atoms with Crippen LogP contribution < -0.4 is 4.90 Å². The molecule has 0 N–H and O–H groups in total. The number of fused-ring (bicyclic) bond motifs is 4. The number of rotatable bonds is 3. The molecular weight excluding hydrogens is 324 g/mol. The summed E-state index contributed by atoms with van der Waals surface area (Å²) in [6.45, 7) is 6.37. The van der Waals surface area contributed by atoms with Crippen molar-refractivity contribution in [3.05, 3.63) is 5.82 Å². The van der Waals surface area contributed by atoms with Crippen LogP contribution in [0.1, 0.15) is 90.8 Å². The van der Waals surface area contributed by atoms with E-state index < -0.39 is 0 Å². The molecule has 1 aromatic heterocycles. The van der Waals surface area contributed by atoms with Gasteiger partial charge < -0.3 is 0 Å². The number of hydrogen-bond acceptors (Lipinski definition) is 3. The summed E-state index contributed by atoms with van der Waals surface area (Å²) in [6, 6.07) is 0.328. The summed E-state index contributed by atoms with van der Waals surface area (Å²) >= 11 is 0. The first-order valence-electron chi connectivity index (χ1n) is 10.9. The lowest BCUT2D eigenvalue weighted by Gasteiger charge is -2.55. The van der Waals surface area contributed by atoms with Crippen LogP contribution >= 0.6 is 0 Å². The molecule has 0 saturated heterocycles. The van der Waals surface area contributed by atoms with Crippen LogP contribution in [0.5, 0.6) is 0 Å². The Bertz CT molecular complexity index is 659. The summed E-state index contributed by atoms with van der Waals surface area (Å²) < 4.78 is 2.23. The third kappa shape index (κ3) is 2.78.